The highest BCUT2D eigenvalue weighted by molar-refractivity contribution is 9.10. The number of hydrogen-bond acceptors (Lipinski definition) is 6. The summed E-state index contributed by atoms with van der Waals surface area (Å²) in [4.78, 5) is 10.3. The van der Waals surface area contributed by atoms with E-state index in [9.17, 15) is 10.1 Å². The molecule has 2 aromatic rings. The summed E-state index contributed by atoms with van der Waals surface area (Å²) in [7, 11) is 1.56. The number of nitro groups is 1. The summed E-state index contributed by atoms with van der Waals surface area (Å²) < 4.78 is 11.6. The maximum absolute atomic E-state index is 10.8. The number of rotatable bonds is 7. The minimum Gasteiger partial charge on any atom is -0.493 e. The van der Waals surface area contributed by atoms with Gasteiger partial charge in [-0.15, -0.1) is 0 Å². The van der Waals surface area contributed by atoms with Crippen molar-refractivity contribution in [3.8, 4) is 11.5 Å². The molecule has 0 unspecified atom stereocenters. The van der Waals surface area contributed by atoms with E-state index in [1.54, 1.807) is 31.5 Å². The standard InChI is InChI=1S/C16H16BrN3O4/c1-3-24-16-14(17)7-11(8-15(16)23-2)10-18-19-12-5-4-6-13(9-12)20(21)22/h4-10,19H,3H2,1-2H3/b18-10-. The summed E-state index contributed by atoms with van der Waals surface area (Å²) in [6.07, 6.45) is 1.59. The molecule has 8 heteroatoms. The molecule has 0 saturated heterocycles. The van der Waals surface area contributed by atoms with E-state index in [1.165, 1.54) is 12.1 Å². The Hall–Kier alpha value is -2.61. The molecule has 24 heavy (non-hydrogen) atoms. The topological polar surface area (TPSA) is 86.0 Å². The van der Waals surface area contributed by atoms with E-state index < -0.39 is 4.92 Å². The van der Waals surface area contributed by atoms with E-state index in [4.69, 9.17) is 9.47 Å². The van der Waals surface area contributed by atoms with Gasteiger partial charge in [0.15, 0.2) is 11.5 Å². The average Bonchev–Trinajstić information content (AvgIpc) is 2.57. The molecular weight excluding hydrogens is 378 g/mol. The molecule has 0 spiro atoms. The molecule has 7 nitrogen and oxygen atoms in total. The number of nitrogens with zero attached hydrogens (tertiary/aromatic N) is 2. The number of hydrogen-bond donors (Lipinski definition) is 1. The van der Waals surface area contributed by atoms with Crippen LogP contribution in [0, 0.1) is 10.1 Å². The van der Waals surface area contributed by atoms with Crippen molar-refractivity contribution in [3.05, 3.63) is 56.5 Å². The van der Waals surface area contributed by atoms with Gasteiger partial charge in [-0.3, -0.25) is 15.5 Å². The fraction of sp³-hybridized carbons (Fsp3) is 0.188. The normalized spacial score (nSPS) is 10.6. The first-order valence-electron chi connectivity index (χ1n) is 7.09. The highest BCUT2D eigenvalue weighted by Crippen LogP contribution is 2.36. The van der Waals surface area contributed by atoms with Crippen LogP contribution < -0.4 is 14.9 Å². The average molecular weight is 394 g/mol. The molecule has 0 aromatic heterocycles. The van der Waals surface area contributed by atoms with E-state index in [2.05, 4.69) is 26.5 Å². The predicted octanol–water partition coefficient (Wildman–Crippen LogP) is 4.21. The highest BCUT2D eigenvalue weighted by Gasteiger charge is 2.10. The van der Waals surface area contributed by atoms with Gasteiger partial charge < -0.3 is 9.47 Å². The lowest BCUT2D eigenvalue weighted by Crippen LogP contribution is -1.98. The van der Waals surface area contributed by atoms with Gasteiger partial charge in [-0.1, -0.05) is 6.07 Å². The van der Waals surface area contributed by atoms with Crippen LogP contribution in [0.25, 0.3) is 0 Å². The number of anilines is 1. The monoisotopic (exact) mass is 393 g/mol. The molecular formula is C16H16BrN3O4. The SMILES string of the molecule is CCOc1c(Br)cc(/C=N\Nc2cccc([N+](=O)[O-])c2)cc1OC. The van der Waals surface area contributed by atoms with Gasteiger partial charge in [0.25, 0.3) is 5.69 Å². The first-order valence-corrected chi connectivity index (χ1v) is 7.88. The Balaban J connectivity index is 2.16. The second-order valence-corrected chi connectivity index (χ2v) is 5.50. The van der Waals surface area contributed by atoms with Crippen LogP contribution in [0.4, 0.5) is 11.4 Å². The van der Waals surface area contributed by atoms with Crippen molar-refractivity contribution < 1.29 is 14.4 Å². The first-order chi connectivity index (χ1) is 11.5. The number of hydrazone groups is 1. The zero-order chi connectivity index (χ0) is 17.5. The number of benzene rings is 2. The summed E-state index contributed by atoms with van der Waals surface area (Å²) >= 11 is 3.44. The molecule has 0 heterocycles. The summed E-state index contributed by atoms with van der Waals surface area (Å²) in [5.41, 5.74) is 4.07. The summed E-state index contributed by atoms with van der Waals surface area (Å²) in [6.45, 7) is 2.42. The Bertz CT molecular complexity index is 765. The summed E-state index contributed by atoms with van der Waals surface area (Å²) in [6, 6.07) is 9.74. The summed E-state index contributed by atoms with van der Waals surface area (Å²) in [5.74, 6) is 1.21. The van der Waals surface area contributed by atoms with Crippen LogP contribution in [0.2, 0.25) is 0 Å². The van der Waals surface area contributed by atoms with Gasteiger partial charge in [-0.05, 0) is 46.6 Å². The molecule has 2 rings (SSSR count). The van der Waals surface area contributed by atoms with Crippen LogP contribution in [0.1, 0.15) is 12.5 Å². The Morgan fingerprint density at radius 1 is 1.38 bits per heavy atom. The molecule has 0 aliphatic rings. The van der Waals surface area contributed by atoms with Crippen molar-refractivity contribution >= 4 is 33.5 Å². The van der Waals surface area contributed by atoms with Crippen LogP contribution in [-0.2, 0) is 0 Å². The van der Waals surface area contributed by atoms with Crippen molar-refractivity contribution in [2.24, 2.45) is 5.10 Å². The van der Waals surface area contributed by atoms with Crippen LogP contribution >= 0.6 is 15.9 Å². The molecule has 0 amide bonds. The first kappa shape index (κ1) is 17.7. The summed E-state index contributed by atoms with van der Waals surface area (Å²) in [5, 5.41) is 14.8. The molecule has 0 aliphatic heterocycles. The highest BCUT2D eigenvalue weighted by atomic mass is 79.9. The molecule has 0 fully saturated rings. The molecule has 1 N–H and O–H groups in total. The molecule has 0 aliphatic carbocycles. The van der Waals surface area contributed by atoms with E-state index in [1.807, 2.05) is 13.0 Å². The van der Waals surface area contributed by atoms with Crippen LogP contribution in [0.5, 0.6) is 11.5 Å². The quantitative estimate of drug-likeness (QED) is 0.432. The number of ether oxygens (including phenoxy) is 2. The van der Waals surface area contributed by atoms with Crippen molar-refractivity contribution in [2.75, 3.05) is 19.1 Å². The third-order valence-electron chi connectivity index (χ3n) is 3.00. The molecule has 2 aromatic carbocycles. The molecule has 0 atom stereocenters. The number of halogens is 1. The lowest BCUT2D eigenvalue weighted by atomic mass is 10.2. The second-order valence-electron chi connectivity index (χ2n) is 4.64. The zero-order valence-corrected chi connectivity index (χ0v) is 14.7. The van der Waals surface area contributed by atoms with Crippen molar-refractivity contribution in [1.82, 2.24) is 0 Å². The number of non-ortho nitro benzene ring substituents is 1. The van der Waals surface area contributed by atoms with Gasteiger partial charge in [0.05, 0.1) is 35.0 Å². The molecule has 126 valence electrons. The van der Waals surface area contributed by atoms with Crippen molar-refractivity contribution in [3.63, 3.8) is 0 Å². The van der Waals surface area contributed by atoms with Gasteiger partial charge in [0.1, 0.15) is 0 Å². The predicted molar refractivity (Wildman–Crippen MR) is 96.2 cm³/mol. The van der Waals surface area contributed by atoms with E-state index >= 15 is 0 Å². The number of nitrogens with one attached hydrogen (secondary N) is 1. The molecule has 0 radical (unpaired) electrons. The smallest absolute Gasteiger partial charge is 0.271 e. The van der Waals surface area contributed by atoms with Crippen molar-refractivity contribution in [1.29, 1.82) is 0 Å². The van der Waals surface area contributed by atoms with Gasteiger partial charge in [0, 0.05) is 12.1 Å². The number of nitro benzene ring substituents is 1. The fourth-order valence-electron chi connectivity index (χ4n) is 1.97. The molecule has 0 bridgehead atoms. The van der Waals surface area contributed by atoms with Crippen molar-refractivity contribution in [2.45, 2.75) is 6.92 Å². The van der Waals surface area contributed by atoms with Crippen LogP contribution in [-0.4, -0.2) is 24.9 Å². The minimum absolute atomic E-state index is 0.000631. The van der Waals surface area contributed by atoms with E-state index in [-0.39, 0.29) is 5.69 Å². The Morgan fingerprint density at radius 3 is 2.83 bits per heavy atom. The zero-order valence-electron chi connectivity index (χ0n) is 13.2. The number of methoxy groups -OCH3 is 1. The second kappa shape index (κ2) is 8.30. The fourth-order valence-corrected chi connectivity index (χ4v) is 2.54. The van der Waals surface area contributed by atoms with Crippen LogP contribution in [0.3, 0.4) is 0 Å². The Morgan fingerprint density at radius 2 is 2.17 bits per heavy atom. The lowest BCUT2D eigenvalue weighted by Gasteiger charge is -2.12. The maximum Gasteiger partial charge on any atom is 0.271 e. The molecule has 0 saturated carbocycles. The Labute approximate surface area is 147 Å². The van der Waals surface area contributed by atoms with Gasteiger partial charge in [-0.2, -0.15) is 5.10 Å². The van der Waals surface area contributed by atoms with E-state index in [0.29, 0.717) is 23.8 Å². The van der Waals surface area contributed by atoms with Gasteiger partial charge >= 0.3 is 0 Å². The third-order valence-corrected chi connectivity index (χ3v) is 3.59. The Kier molecular flexibility index (Phi) is 6.14. The van der Waals surface area contributed by atoms with E-state index in [0.717, 1.165) is 10.0 Å². The minimum atomic E-state index is -0.455. The maximum atomic E-state index is 10.8. The van der Waals surface area contributed by atoms with Gasteiger partial charge in [0.2, 0.25) is 0 Å². The largest absolute Gasteiger partial charge is 0.493 e. The third kappa shape index (κ3) is 4.45. The van der Waals surface area contributed by atoms with Crippen LogP contribution in [0.15, 0.2) is 46.0 Å². The van der Waals surface area contributed by atoms with Gasteiger partial charge in [-0.25, -0.2) is 0 Å². The lowest BCUT2D eigenvalue weighted by molar-refractivity contribution is -0.384.